The molecule has 1 saturated carbocycles. The van der Waals surface area contributed by atoms with E-state index in [1.54, 1.807) is 6.92 Å². The van der Waals surface area contributed by atoms with Crippen LogP contribution < -0.4 is 15.4 Å². The summed E-state index contributed by atoms with van der Waals surface area (Å²) in [6, 6.07) is 3.46. The molecular weight excluding hydrogens is 318 g/mol. The molecule has 0 radical (unpaired) electrons. The lowest BCUT2D eigenvalue weighted by molar-refractivity contribution is -0.0497. The van der Waals surface area contributed by atoms with Gasteiger partial charge in [-0.3, -0.25) is 0 Å². The van der Waals surface area contributed by atoms with E-state index in [0.717, 1.165) is 12.8 Å². The second-order valence-corrected chi connectivity index (χ2v) is 5.86. The van der Waals surface area contributed by atoms with Gasteiger partial charge >= 0.3 is 12.6 Å². The van der Waals surface area contributed by atoms with Gasteiger partial charge in [-0.05, 0) is 43.9 Å². The third-order valence-corrected chi connectivity index (χ3v) is 3.91. The van der Waals surface area contributed by atoms with Gasteiger partial charge in [0, 0.05) is 5.69 Å². The normalized spacial score (nSPS) is 17.0. The molecule has 8 heteroatoms. The third kappa shape index (κ3) is 4.20. The third-order valence-electron chi connectivity index (χ3n) is 3.61. The number of halogens is 3. The Labute approximate surface area is 131 Å². The average Bonchev–Trinajstić information content (AvgIpc) is 3.26. The summed E-state index contributed by atoms with van der Waals surface area (Å²) < 4.78 is 28.5. The zero-order valence-electron chi connectivity index (χ0n) is 11.9. The number of benzene rings is 1. The molecule has 1 aromatic rings. The minimum Gasteiger partial charge on any atom is -0.433 e. The molecule has 122 valence electrons. The lowest BCUT2D eigenvalue weighted by Crippen LogP contribution is -2.52. The number of hydrogen-bond acceptors (Lipinski definition) is 3. The number of anilines is 1. The molecule has 5 nitrogen and oxygen atoms in total. The van der Waals surface area contributed by atoms with Gasteiger partial charge in [0.05, 0.1) is 17.2 Å². The molecule has 1 aliphatic rings. The molecule has 2 rings (SSSR count). The number of ether oxygens (including phenoxy) is 1. The SMILES string of the molecule is CC(CO)(NC(=O)Nc1ccc(OC(F)F)c(Cl)c1)C1CC1. The molecule has 1 fully saturated rings. The average molecular weight is 335 g/mol. The minimum absolute atomic E-state index is 0.0368. The number of hydrogen-bond donors (Lipinski definition) is 3. The Morgan fingerprint density at radius 2 is 2.23 bits per heavy atom. The second kappa shape index (κ2) is 6.66. The first-order chi connectivity index (χ1) is 10.3. The Bertz CT molecular complexity index is 555. The predicted octanol–water partition coefficient (Wildman–Crippen LogP) is 3.22. The number of urea groups is 1. The molecule has 1 aliphatic carbocycles. The predicted molar refractivity (Wildman–Crippen MR) is 78.5 cm³/mol. The number of carbonyl (C=O) groups excluding carboxylic acids is 1. The van der Waals surface area contributed by atoms with E-state index in [9.17, 15) is 18.7 Å². The van der Waals surface area contributed by atoms with Gasteiger partial charge in [-0.2, -0.15) is 8.78 Å². The van der Waals surface area contributed by atoms with E-state index >= 15 is 0 Å². The molecule has 0 heterocycles. The van der Waals surface area contributed by atoms with Crippen LogP contribution in [0, 0.1) is 5.92 Å². The molecule has 0 saturated heterocycles. The maximum atomic E-state index is 12.1. The molecule has 0 aliphatic heterocycles. The lowest BCUT2D eigenvalue weighted by atomic mass is 9.97. The Morgan fingerprint density at radius 1 is 1.55 bits per heavy atom. The molecule has 0 bridgehead atoms. The van der Waals surface area contributed by atoms with E-state index < -0.39 is 18.2 Å². The summed E-state index contributed by atoms with van der Waals surface area (Å²) >= 11 is 5.81. The van der Waals surface area contributed by atoms with Crippen molar-refractivity contribution in [2.45, 2.75) is 31.9 Å². The van der Waals surface area contributed by atoms with Crippen LogP contribution in [0.2, 0.25) is 5.02 Å². The minimum atomic E-state index is -2.97. The van der Waals surface area contributed by atoms with Crippen LogP contribution in [-0.4, -0.2) is 29.9 Å². The van der Waals surface area contributed by atoms with E-state index in [2.05, 4.69) is 15.4 Å². The highest BCUT2D eigenvalue weighted by Crippen LogP contribution is 2.39. The van der Waals surface area contributed by atoms with Crippen LogP contribution in [0.1, 0.15) is 19.8 Å². The summed E-state index contributed by atoms with van der Waals surface area (Å²) in [5.41, 5.74) is -0.340. The van der Waals surface area contributed by atoms with Crippen molar-refractivity contribution in [3.05, 3.63) is 23.2 Å². The van der Waals surface area contributed by atoms with E-state index in [4.69, 9.17) is 11.6 Å². The monoisotopic (exact) mass is 334 g/mol. The number of alkyl halides is 2. The van der Waals surface area contributed by atoms with Crippen LogP contribution in [0.5, 0.6) is 5.75 Å². The number of carbonyl (C=O) groups is 1. The van der Waals surface area contributed by atoms with Gasteiger partial charge in [0.2, 0.25) is 0 Å². The number of amides is 2. The Balaban J connectivity index is 1.98. The topological polar surface area (TPSA) is 70.6 Å². The summed E-state index contributed by atoms with van der Waals surface area (Å²) in [4.78, 5) is 12.0. The maximum Gasteiger partial charge on any atom is 0.387 e. The van der Waals surface area contributed by atoms with Gasteiger partial charge in [-0.1, -0.05) is 11.6 Å². The maximum absolute atomic E-state index is 12.1. The van der Waals surface area contributed by atoms with Crippen molar-refractivity contribution in [3.8, 4) is 5.75 Å². The number of aliphatic hydroxyl groups excluding tert-OH is 1. The van der Waals surface area contributed by atoms with Crippen molar-refractivity contribution >= 4 is 23.3 Å². The van der Waals surface area contributed by atoms with Crippen LogP contribution in [0.4, 0.5) is 19.3 Å². The standard InChI is InChI=1S/C14H17ClF2N2O3/c1-14(7-20,8-2-3-8)19-13(21)18-9-4-5-11(10(15)6-9)22-12(16)17/h4-6,8,12,20H,2-3,7H2,1H3,(H2,18,19,21). The van der Waals surface area contributed by atoms with Gasteiger partial charge in [-0.15, -0.1) is 0 Å². The fraction of sp³-hybridized carbons (Fsp3) is 0.500. The first-order valence-electron chi connectivity index (χ1n) is 6.78. The molecule has 2 amide bonds. The smallest absolute Gasteiger partial charge is 0.387 e. The fourth-order valence-electron chi connectivity index (χ4n) is 2.18. The molecule has 1 unspecified atom stereocenters. The Kier molecular flexibility index (Phi) is 5.08. The highest BCUT2D eigenvalue weighted by molar-refractivity contribution is 6.32. The van der Waals surface area contributed by atoms with Crippen LogP contribution in [0.25, 0.3) is 0 Å². The van der Waals surface area contributed by atoms with E-state index in [1.165, 1.54) is 18.2 Å². The molecular formula is C14H17ClF2N2O3. The van der Waals surface area contributed by atoms with Crippen LogP contribution in [0.3, 0.4) is 0 Å². The van der Waals surface area contributed by atoms with Gasteiger partial charge in [-0.25, -0.2) is 4.79 Å². The molecule has 0 spiro atoms. The summed E-state index contributed by atoms with van der Waals surface area (Å²) in [6.45, 7) is -1.35. The van der Waals surface area contributed by atoms with Crippen molar-refractivity contribution in [3.63, 3.8) is 0 Å². The van der Waals surface area contributed by atoms with Crippen molar-refractivity contribution in [2.75, 3.05) is 11.9 Å². The van der Waals surface area contributed by atoms with Gasteiger partial charge < -0.3 is 20.5 Å². The van der Waals surface area contributed by atoms with E-state index in [1.807, 2.05) is 0 Å². The van der Waals surface area contributed by atoms with Crippen LogP contribution in [-0.2, 0) is 0 Å². The zero-order valence-corrected chi connectivity index (χ0v) is 12.7. The summed E-state index contributed by atoms with van der Waals surface area (Å²) in [5, 5.41) is 14.7. The van der Waals surface area contributed by atoms with Crippen molar-refractivity contribution in [1.29, 1.82) is 0 Å². The number of rotatable bonds is 6. The number of nitrogens with one attached hydrogen (secondary N) is 2. The molecule has 22 heavy (non-hydrogen) atoms. The van der Waals surface area contributed by atoms with Gasteiger partial charge in [0.1, 0.15) is 5.75 Å². The highest BCUT2D eigenvalue weighted by Gasteiger charge is 2.42. The zero-order chi connectivity index (χ0) is 16.3. The first-order valence-corrected chi connectivity index (χ1v) is 7.16. The highest BCUT2D eigenvalue weighted by atomic mass is 35.5. The quantitative estimate of drug-likeness (QED) is 0.748. The number of aliphatic hydroxyl groups is 1. The first kappa shape index (κ1) is 16.8. The van der Waals surface area contributed by atoms with Crippen molar-refractivity contribution in [2.24, 2.45) is 5.92 Å². The summed E-state index contributed by atoms with van der Waals surface area (Å²) in [5.74, 6) is 0.0921. The van der Waals surface area contributed by atoms with Crippen molar-refractivity contribution < 1.29 is 23.4 Å². The lowest BCUT2D eigenvalue weighted by Gasteiger charge is -2.28. The molecule has 1 atom stereocenters. The molecule has 0 aromatic heterocycles. The van der Waals surface area contributed by atoms with Gasteiger partial charge in [0.25, 0.3) is 0 Å². The second-order valence-electron chi connectivity index (χ2n) is 5.45. The van der Waals surface area contributed by atoms with Crippen molar-refractivity contribution in [1.82, 2.24) is 5.32 Å². The summed E-state index contributed by atoms with van der Waals surface area (Å²) in [6.07, 6.45) is 1.92. The molecule has 1 aromatic carbocycles. The van der Waals surface area contributed by atoms with E-state index in [-0.39, 0.29) is 23.3 Å². The Hall–Kier alpha value is -1.60. The summed E-state index contributed by atoms with van der Waals surface area (Å²) in [7, 11) is 0. The fourth-order valence-corrected chi connectivity index (χ4v) is 2.41. The van der Waals surface area contributed by atoms with Crippen LogP contribution >= 0.6 is 11.6 Å². The molecule has 3 N–H and O–H groups in total. The van der Waals surface area contributed by atoms with E-state index in [0.29, 0.717) is 5.69 Å². The largest absolute Gasteiger partial charge is 0.433 e. The van der Waals surface area contributed by atoms with Crippen LogP contribution in [0.15, 0.2) is 18.2 Å². The van der Waals surface area contributed by atoms with Gasteiger partial charge in [0.15, 0.2) is 0 Å². The Morgan fingerprint density at radius 3 is 2.73 bits per heavy atom.